The van der Waals surface area contributed by atoms with E-state index < -0.39 is 0 Å². The van der Waals surface area contributed by atoms with Gasteiger partial charge in [0.2, 0.25) is 0 Å². The first-order chi connectivity index (χ1) is 10.0. The largest absolute Gasteiger partial charge is 0.390 e. The van der Waals surface area contributed by atoms with E-state index in [1.807, 2.05) is 13.1 Å². The minimum atomic E-state index is -0.321. The molecule has 21 heavy (non-hydrogen) atoms. The van der Waals surface area contributed by atoms with Gasteiger partial charge in [0, 0.05) is 52.0 Å². The van der Waals surface area contributed by atoms with Crippen LogP contribution in [-0.2, 0) is 6.54 Å². The van der Waals surface area contributed by atoms with Gasteiger partial charge >= 0.3 is 0 Å². The Morgan fingerprint density at radius 2 is 2.05 bits per heavy atom. The third-order valence-electron chi connectivity index (χ3n) is 3.83. The molecule has 0 aliphatic carbocycles. The molecule has 1 atom stereocenters. The lowest BCUT2D eigenvalue weighted by atomic mass is 10.2. The van der Waals surface area contributed by atoms with Crippen molar-refractivity contribution in [1.29, 1.82) is 0 Å². The summed E-state index contributed by atoms with van der Waals surface area (Å²) in [4.78, 5) is 10.8. The van der Waals surface area contributed by atoms with Gasteiger partial charge in [-0.3, -0.25) is 9.80 Å². The number of aliphatic hydroxyl groups is 1. The molecule has 0 aromatic carbocycles. The molecule has 1 fully saturated rings. The number of hydrogen-bond donors (Lipinski definition) is 1. The zero-order valence-corrected chi connectivity index (χ0v) is 13.6. The summed E-state index contributed by atoms with van der Waals surface area (Å²) in [6.07, 6.45) is 1.46. The standard InChI is InChI=1S/C15H25ClN4O/c1-18-5-7-20(8-6-18)12-14(21)11-19(2)10-13-3-4-15(16)17-9-13/h3-4,9,14,21H,5-8,10-12H2,1-2H3. The van der Waals surface area contributed by atoms with Gasteiger partial charge in [-0.05, 0) is 25.7 Å². The van der Waals surface area contributed by atoms with Crippen LogP contribution in [0.25, 0.3) is 0 Å². The van der Waals surface area contributed by atoms with Crippen molar-refractivity contribution in [3.63, 3.8) is 0 Å². The van der Waals surface area contributed by atoms with Crippen LogP contribution in [0.3, 0.4) is 0 Å². The summed E-state index contributed by atoms with van der Waals surface area (Å²) < 4.78 is 0. The van der Waals surface area contributed by atoms with Crippen LogP contribution in [-0.4, -0.2) is 84.3 Å². The zero-order chi connectivity index (χ0) is 15.2. The van der Waals surface area contributed by atoms with Crippen LogP contribution in [0, 0.1) is 0 Å². The Labute approximate surface area is 132 Å². The first-order valence-electron chi connectivity index (χ1n) is 7.41. The number of nitrogens with zero attached hydrogens (tertiary/aromatic N) is 4. The molecular weight excluding hydrogens is 288 g/mol. The van der Waals surface area contributed by atoms with Gasteiger partial charge in [-0.1, -0.05) is 17.7 Å². The number of hydrogen-bond acceptors (Lipinski definition) is 5. The third kappa shape index (κ3) is 5.88. The maximum Gasteiger partial charge on any atom is 0.129 e. The molecule has 1 aromatic rings. The molecule has 5 nitrogen and oxygen atoms in total. The number of β-amino-alcohol motifs (C(OH)–C–C–N with tert-alkyl or cyclic N) is 1. The van der Waals surface area contributed by atoms with E-state index in [1.165, 1.54) is 0 Å². The van der Waals surface area contributed by atoms with E-state index in [9.17, 15) is 5.11 Å². The highest BCUT2D eigenvalue weighted by molar-refractivity contribution is 6.29. The summed E-state index contributed by atoms with van der Waals surface area (Å²) in [5.74, 6) is 0. The van der Waals surface area contributed by atoms with Crippen LogP contribution in [0.5, 0.6) is 0 Å². The fourth-order valence-corrected chi connectivity index (χ4v) is 2.73. The predicted molar refractivity (Wildman–Crippen MR) is 85.5 cm³/mol. The van der Waals surface area contributed by atoms with Gasteiger partial charge in [-0.15, -0.1) is 0 Å². The Hall–Kier alpha value is -0.720. The van der Waals surface area contributed by atoms with Crippen molar-refractivity contribution in [3.8, 4) is 0 Å². The van der Waals surface area contributed by atoms with E-state index in [1.54, 1.807) is 12.3 Å². The lowest BCUT2D eigenvalue weighted by molar-refractivity contribution is 0.0594. The zero-order valence-electron chi connectivity index (χ0n) is 12.9. The highest BCUT2D eigenvalue weighted by Crippen LogP contribution is 2.08. The fourth-order valence-electron chi connectivity index (χ4n) is 2.62. The Kier molecular flexibility index (Phi) is 6.39. The van der Waals surface area contributed by atoms with Crippen molar-refractivity contribution in [2.45, 2.75) is 12.6 Å². The van der Waals surface area contributed by atoms with E-state index >= 15 is 0 Å². The monoisotopic (exact) mass is 312 g/mol. The van der Waals surface area contributed by atoms with E-state index in [0.717, 1.165) is 44.8 Å². The Morgan fingerprint density at radius 1 is 1.33 bits per heavy atom. The van der Waals surface area contributed by atoms with Crippen molar-refractivity contribution in [2.24, 2.45) is 0 Å². The van der Waals surface area contributed by atoms with Gasteiger partial charge in [0.25, 0.3) is 0 Å². The summed E-state index contributed by atoms with van der Waals surface area (Å²) in [6, 6.07) is 3.77. The molecule has 0 bridgehead atoms. The average molecular weight is 313 g/mol. The number of halogens is 1. The number of aliphatic hydroxyl groups excluding tert-OH is 1. The molecule has 118 valence electrons. The van der Waals surface area contributed by atoms with Crippen molar-refractivity contribution < 1.29 is 5.11 Å². The van der Waals surface area contributed by atoms with Crippen LogP contribution in [0.2, 0.25) is 5.15 Å². The lowest BCUT2D eigenvalue weighted by Gasteiger charge is -2.34. The fraction of sp³-hybridized carbons (Fsp3) is 0.667. The lowest BCUT2D eigenvalue weighted by Crippen LogP contribution is -2.48. The molecule has 0 radical (unpaired) electrons. The smallest absolute Gasteiger partial charge is 0.129 e. The molecule has 2 rings (SSSR count). The second-order valence-electron chi connectivity index (χ2n) is 5.94. The first-order valence-corrected chi connectivity index (χ1v) is 7.78. The maximum absolute atomic E-state index is 10.2. The summed E-state index contributed by atoms with van der Waals surface area (Å²) in [5, 5.41) is 10.7. The highest BCUT2D eigenvalue weighted by atomic mass is 35.5. The van der Waals surface area contributed by atoms with Gasteiger partial charge in [-0.25, -0.2) is 4.98 Å². The Bertz CT molecular complexity index is 420. The van der Waals surface area contributed by atoms with Gasteiger partial charge in [-0.2, -0.15) is 0 Å². The molecule has 1 aliphatic rings. The molecule has 0 amide bonds. The second kappa shape index (κ2) is 8.06. The Morgan fingerprint density at radius 3 is 2.67 bits per heavy atom. The molecule has 1 N–H and O–H groups in total. The van der Waals surface area contributed by atoms with Crippen molar-refractivity contribution in [2.75, 3.05) is 53.4 Å². The molecule has 1 saturated heterocycles. The first kappa shape index (κ1) is 16.6. The second-order valence-corrected chi connectivity index (χ2v) is 6.33. The van der Waals surface area contributed by atoms with Gasteiger partial charge in [0.15, 0.2) is 0 Å². The van der Waals surface area contributed by atoms with Gasteiger partial charge in [0.05, 0.1) is 6.10 Å². The summed E-state index contributed by atoms with van der Waals surface area (Å²) in [5.41, 5.74) is 1.11. The van der Waals surface area contributed by atoms with Crippen LogP contribution >= 0.6 is 11.6 Å². The number of rotatable bonds is 6. The van der Waals surface area contributed by atoms with E-state index in [4.69, 9.17) is 11.6 Å². The Balaban J connectivity index is 1.71. The average Bonchev–Trinajstić information content (AvgIpc) is 2.44. The van der Waals surface area contributed by atoms with E-state index in [2.05, 4.69) is 26.7 Å². The van der Waals surface area contributed by atoms with Gasteiger partial charge in [0.1, 0.15) is 5.15 Å². The van der Waals surface area contributed by atoms with Crippen molar-refractivity contribution in [1.82, 2.24) is 19.7 Å². The quantitative estimate of drug-likeness (QED) is 0.786. The molecule has 0 saturated carbocycles. The molecular formula is C15H25ClN4O. The molecule has 1 aliphatic heterocycles. The SMILES string of the molecule is CN1CCN(CC(O)CN(C)Cc2ccc(Cl)nc2)CC1. The molecule has 2 heterocycles. The summed E-state index contributed by atoms with van der Waals surface area (Å²) in [7, 11) is 4.16. The molecule has 6 heteroatoms. The number of aromatic nitrogens is 1. The maximum atomic E-state index is 10.2. The molecule has 0 spiro atoms. The van der Waals surface area contributed by atoms with Crippen molar-refractivity contribution >= 4 is 11.6 Å². The topological polar surface area (TPSA) is 42.8 Å². The number of likely N-dealkylation sites (N-methyl/N-ethyl adjacent to an activating group) is 2. The van der Waals surface area contributed by atoms with E-state index in [-0.39, 0.29) is 6.10 Å². The third-order valence-corrected chi connectivity index (χ3v) is 4.05. The van der Waals surface area contributed by atoms with Crippen LogP contribution in [0.15, 0.2) is 18.3 Å². The molecule has 1 unspecified atom stereocenters. The summed E-state index contributed by atoms with van der Waals surface area (Å²) >= 11 is 5.78. The minimum absolute atomic E-state index is 0.321. The molecule has 1 aromatic heterocycles. The minimum Gasteiger partial charge on any atom is -0.390 e. The van der Waals surface area contributed by atoms with Crippen LogP contribution in [0.4, 0.5) is 0 Å². The highest BCUT2D eigenvalue weighted by Gasteiger charge is 2.18. The normalized spacial score (nSPS) is 19.1. The van der Waals surface area contributed by atoms with Gasteiger partial charge < -0.3 is 10.0 Å². The van der Waals surface area contributed by atoms with E-state index in [0.29, 0.717) is 11.7 Å². The van der Waals surface area contributed by atoms with Crippen LogP contribution < -0.4 is 0 Å². The summed E-state index contributed by atoms with van der Waals surface area (Å²) in [6.45, 7) is 6.42. The number of piperazine rings is 1. The van der Waals surface area contributed by atoms with Crippen molar-refractivity contribution in [3.05, 3.63) is 29.0 Å². The predicted octanol–water partition coefficient (Wildman–Crippen LogP) is 0.775. The van der Waals surface area contributed by atoms with Crippen LogP contribution in [0.1, 0.15) is 5.56 Å². The number of pyridine rings is 1.